The minimum atomic E-state index is -1.08. The van der Waals surface area contributed by atoms with E-state index in [9.17, 15) is 14.7 Å². The summed E-state index contributed by atoms with van der Waals surface area (Å²) in [6.07, 6.45) is 6.21. The first-order chi connectivity index (χ1) is 18.3. The Balaban J connectivity index is 1.39. The second kappa shape index (κ2) is 9.77. The van der Waals surface area contributed by atoms with Crippen molar-refractivity contribution in [1.82, 2.24) is 14.8 Å². The van der Waals surface area contributed by atoms with Crippen molar-refractivity contribution in [2.24, 2.45) is 0 Å². The number of rotatable bonds is 4. The Morgan fingerprint density at radius 1 is 1.03 bits per heavy atom. The van der Waals surface area contributed by atoms with Gasteiger partial charge in [-0.3, -0.25) is 9.59 Å². The van der Waals surface area contributed by atoms with Gasteiger partial charge in [0.15, 0.2) is 0 Å². The van der Waals surface area contributed by atoms with Crippen molar-refractivity contribution in [2.45, 2.75) is 76.5 Å². The van der Waals surface area contributed by atoms with E-state index < -0.39 is 11.6 Å². The quantitative estimate of drug-likeness (QED) is 0.520. The summed E-state index contributed by atoms with van der Waals surface area (Å²) < 4.78 is 8.48. The maximum Gasteiger partial charge on any atom is 0.252 e. The average molecular weight is 516 g/mol. The second-order valence-corrected chi connectivity index (χ2v) is 11.6. The minimum Gasteiger partial charge on any atom is -0.491 e. The Kier molecular flexibility index (Phi) is 6.42. The number of ether oxygens (including phenoxy) is 1. The first kappa shape index (κ1) is 25.0. The number of amides is 2. The van der Waals surface area contributed by atoms with Crippen molar-refractivity contribution in [3.05, 3.63) is 53.6 Å². The molecular formula is C31H37N3O4. The first-order valence-corrected chi connectivity index (χ1v) is 14.0. The summed E-state index contributed by atoms with van der Waals surface area (Å²) in [5.74, 6) is 0.954. The molecule has 3 heterocycles. The van der Waals surface area contributed by atoms with Gasteiger partial charge in [0, 0.05) is 35.1 Å². The van der Waals surface area contributed by atoms with E-state index in [-0.39, 0.29) is 11.8 Å². The van der Waals surface area contributed by atoms with Crippen LogP contribution in [0.5, 0.6) is 5.75 Å². The molecule has 1 saturated heterocycles. The Hall–Kier alpha value is -3.32. The van der Waals surface area contributed by atoms with Crippen LogP contribution in [0.1, 0.15) is 74.2 Å². The topological polar surface area (TPSA) is 83.8 Å². The number of aliphatic hydroxyl groups is 1. The molecule has 2 N–H and O–H groups in total. The van der Waals surface area contributed by atoms with E-state index >= 15 is 0 Å². The molecule has 38 heavy (non-hydrogen) atoms. The van der Waals surface area contributed by atoms with Gasteiger partial charge < -0.3 is 24.6 Å². The Morgan fingerprint density at radius 2 is 1.82 bits per heavy atom. The zero-order valence-corrected chi connectivity index (χ0v) is 22.3. The number of hydrogen-bond acceptors (Lipinski definition) is 4. The zero-order chi connectivity index (χ0) is 26.4. The number of aliphatic hydroxyl groups excluding tert-OH is 1. The Bertz CT molecular complexity index is 1390. The first-order valence-electron chi connectivity index (χ1n) is 14.0. The van der Waals surface area contributed by atoms with E-state index in [2.05, 4.69) is 28.1 Å². The molecule has 2 aromatic carbocycles. The van der Waals surface area contributed by atoms with E-state index in [4.69, 9.17) is 4.74 Å². The molecule has 2 aliphatic heterocycles. The lowest BCUT2D eigenvalue weighted by molar-refractivity contribution is -0.136. The van der Waals surface area contributed by atoms with Gasteiger partial charge in [-0.05, 0) is 68.9 Å². The van der Waals surface area contributed by atoms with E-state index in [1.165, 1.54) is 48.7 Å². The van der Waals surface area contributed by atoms with Gasteiger partial charge >= 0.3 is 0 Å². The molecular weight excluding hydrogens is 478 g/mol. The van der Waals surface area contributed by atoms with Gasteiger partial charge in [0.1, 0.15) is 17.9 Å². The highest BCUT2D eigenvalue weighted by Gasteiger charge is 2.37. The van der Waals surface area contributed by atoms with Gasteiger partial charge in [0.05, 0.1) is 18.3 Å². The fourth-order valence-electron chi connectivity index (χ4n) is 6.61. The number of carbonyl (C=O) groups is 2. The Labute approximate surface area is 223 Å². The van der Waals surface area contributed by atoms with Crippen LogP contribution in [0.3, 0.4) is 0 Å². The number of fused-ring (bicyclic) bond motifs is 5. The average Bonchev–Trinajstić information content (AvgIpc) is 3.43. The third-order valence-electron chi connectivity index (χ3n) is 8.51. The fourth-order valence-corrected chi connectivity index (χ4v) is 6.61. The summed E-state index contributed by atoms with van der Waals surface area (Å²) in [4.78, 5) is 28.2. The third-order valence-corrected chi connectivity index (χ3v) is 8.51. The molecule has 1 saturated carbocycles. The van der Waals surface area contributed by atoms with Crippen LogP contribution in [0.15, 0.2) is 42.5 Å². The van der Waals surface area contributed by atoms with Crippen molar-refractivity contribution in [3.8, 4) is 17.0 Å². The molecule has 0 radical (unpaired) electrons. The number of likely N-dealkylation sites (tertiary alicyclic amines) is 1. The van der Waals surface area contributed by atoms with Crippen molar-refractivity contribution >= 4 is 22.7 Å². The predicted octanol–water partition coefficient (Wildman–Crippen LogP) is 4.85. The molecule has 0 bridgehead atoms. The molecule has 6 rings (SSSR count). The van der Waals surface area contributed by atoms with Crippen LogP contribution in [0.25, 0.3) is 22.2 Å². The molecule has 1 aromatic heterocycles. The molecule has 1 aliphatic carbocycles. The second-order valence-electron chi connectivity index (χ2n) is 11.6. The fraction of sp³-hybridized carbons (Fsp3) is 0.484. The van der Waals surface area contributed by atoms with E-state index in [0.717, 1.165) is 16.8 Å². The summed E-state index contributed by atoms with van der Waals surface area (Å²) in [7, 11) is 0. The lowest BCUT2D eigenvalue weighted by Gasteiger charge is -2.30. The molecule has 1 atom stereocenters. The number of β-amino-alcohol motifs (C(OH)–C–C–N with tert-alkyl or cyclic N) is 1. The van der Waals surface area contributed by atoms with Crippen molar-refractivity contribution in [1.29, 1.82) is 0 Å². The third kappa shape index (κ3) is 4.37. The number of para-hydroxylation sites is 1. The van der Waals surface area contributed by atoms with Crippen molar-refractivity contribution in [2.75, 3.05) is 19.7 Å². The van der Waals surface area contributed by atoms with Crippen LogP contribution >= 0.6 is 0 Å². The maximum absolute atomic E-state index is 13.5. The molecule has 7 nitrogen and oxygen atoms in total. The van der Waals surface area contributed by atoms with E-state index in [1.807, 2.05) is 24.3 Å². The van der Waals surface area contributed by atoms with Crippen LogP contribution in [0.4, 0.5) is 0 Å². The normalized spacial score (nSPS) is 20.0. The van der Waals surface area contributed by atoms with Crippen molar-refractivity contribution < 1.29 is 19.4 Å². The van der Waals surface area contributed by atoms with Crippen LogP contribution in [-0.2, 0) is 11.3 Å². The molecule has 200 valence electrons. The summed E-state index contributed by atoms with van der Waals surface area (Å²) in [6, 6.07) is 14.3. The van der Waals surface area contributed by atoms with E-state index in [0.29, 0.717) is 44.1 Å². The Morgan fingerprint density at radius 3 is 2.58 bits per heavy atom. The number of aromatic nitrogens is 1. The number of nitrogens with zero attached hydrogens (tertiary/aromatic N) is 2. The molecule has 3 aliphatic rings. The summed E-state index contributed by atoms with van der Waals surface area (Å²) in [5, 5.41) is 14.0. The van der Waals surface area contributed by atoms with Crippen LogP contribution in [0.2, 0.25) is 0 Å². The molecule has 3 aromatic rings. The standard InChI is InChI=1S/C31H37N3O4/c1-31(2,30(37)33-15-14-22(35)19-33)32-29(36)21-12-13-23-25(18-21)34-16-17-38-26-11-7-6-10-24(26)28(34)27(23)20-8-4-3-5-9-20/h6-7,10-13,18,20,22,35H,3-5,8-9,14-17,19H2,1-2H3,(H,32,36). The van der Waals surface area contributed by atoms with Crippen LogP contribution in [-0.4, -0.2) is 57.7 Å². The highest BCUT2D eigenvalue weighted by atomic mass is 16.5. The SMILES string of the molecule is CC(C)(NC(=O)c1ccc2c(C3CCCCC3)c3n(c2c1)CCOc1ccccc1-3)C(=O)N1CCC(O)C1. The van der Waals surface area contributed by atoms with Crippen LogP contribution < -0.4 is 10.1 Å². The summed E-state index contributed by atoms with van der Waals surface area (Å²) in [6.45, 7) is 5.56. The lowest BCUT2D eigenvalue weighted by atomic mass is 9.81. The number of carbonyl (C=O) groups excluding carboxylic acids is 2. The van der Waals surface area contributed by atoms with Gasteiger partial charge in [0.25, 0.3) is 5.91 Å². The monoisotopic (exact) mass is 515 g/mol. The number of benzene rings is 2. The van der Waals surface area contributed by atoms with Gasteiger partial charge in [-0.25, -0.2) is 0 Å². The summed E-state index contributed by atoms with van der Waals surface area (Å²) >= 11 is 0. The van der Waals surface area contributed by atoms with Crippen molar-refractivity contribution in [3.63, 3.8) is 0 Å². The van der Waals surface area contributed by atoms with E-state index in [1.54, 1.807) is 18.7 Å². The molecule has 1 unspecified atom stereocenters. The highest BCUT2D eigenvalue weighted by molar-refractivity contribution is 6.03. The predicted molar refractivity (Wildman–Crippen MR) is 147 cm³/mol. The molecule has 7 heteroatoms. The lowest BCUT2D eigenvalue weighted by Crippen LogP contribution is -2.55. The largest absolute Gasteiger partial charge is 0.491 e. The van der Waals surface area contributed by atoms with Crippen LogP contribution in [0, 0.1) is 0 Å². The molecule has 2 fully saturated rings. The minimum absolute atomic E-state index is 0.173. The maximum atomic E-state index is 13.5. The van der Waals surface area contributed by atoms with Gasteiger partial charge in [0.2, 0.25) is 5.91 Å². The zero-order valence-electron chi connectivity index (χ0n) is 22.3. The number of nitrogens with one attached hydrogen (secondary N) is 1. The summed E-state index contributed by atoms with van der Waals surface area (Å²) in [5.41, 5.74) is 4.22. The van der Waals surface area contributed by atoms with Gasteiger partial charge in [-0.15, -0.1) is 0 Å². The van der Waals surface area contributed by atoms with Gasteiger partial charge in [-0.1, -0.05) is 37.5 Å². The smallest absolute Gasteiger partial charge is 0.252 e. The van der Waals surface area contributed by atoms with Gasteiger partial charge in [-0.2, -0.15) is 0 Å². The number of hydrogen-bond donors (Lipinski definition) is 2. The molecule has 2 amide bonds. The highest BCUT2D eigenvalue weighted by Crippen LogP contribution is 2.47. The molecule has 0 spiro atoms.